The van der Waals surface area contributed by atoms with Crippen molar-refractivity contribution in [3.05, 3.63) is 48.4 Å². The van der Waals surface area contributed by atoms with Crippen molar-refractivity contribution in [1.29, 1.82) is 0 Å². The highest BCUT2D eigenvalue weighted by Crippen LogP contribution is 2.35. The molecular weight excluding hydrogens is 278 g/mol. The van der Waals surface area contributed by atoms with E-state index in [2.05, 4.69) is 20.9 Å². The smallest absolute Gasteiger partial charge is 0.293 e. The number of imidazole rings is 1. The summed E-state index contributed by atoms with van der Waals surface area (Å²) in [4.78, 5) is 16.9. The first-order valence-corrected chi connectivity index (χ1v) is 7.65. The minimum Gasteiger partial charge on any atom is -0.459 e. The van der Waals surface area contributed by atoms with Crippen LogP contribution in [0.3, 0.4) is 0 Å². The second kappa shape index (κ2) is 5.33. The van der Waals surface area contributed by atoms with Crippen molar-refractivity contribution in [3.8, 4) is 0 Å². The molecule has 1 fully saturated rings. The number of amides is 1. The maximum Gasteiger partial charge on any atom is 0.293 e. The summed E-state index contributed by atoms with van der Waals surface area (Å²) >= 11 is 0. The van der Waals surface area contributed by atoms with E-state index < -0.39 is 0 Å². The summed E-state index contributed by atoms with van der Waals surface area (Å²) < 4.78 is 7.33. The predicted molar refractivity (Wildman–Crippen MR) is 83.9 cm³/mol. The number of nitrogens with zero attached hydrogens (tertiary/aromatic N) is 2. The summed E-state index contributed by atoms with van der Waals surface area (Å²) in [6, 6.07) is 11.8. The van der Waals surface area contributed by atoms with Gasteiger partial charge in [-0.15, -0.1) is 0 Å². The maximum absolute atomic E-state index is 12.3. The summed E-state index contributed by atoms with van der Waals surface area (Å²) in [6.45, 7) is 0. The van der Waals surface area contributed by atoms with Gasteiger partial charge in [0.2, 0.25) is 5.95 Å². The van der Waals surface area contributed by atoms with Crippen molar-refractivity contribution in [2.75, 3.05) is 5.32 Å². The lowest BCUT2D eigenvalue weighted by atomic mass is 10.2. The Bertz CT molecular complexity index is 799. The number of rotatable bonds is 3. The molecule has 0 aliphatic heterocycles. The molecule has 5 nitrogen and oxygen atoms in total. The number of hydrogen-bond donors (Lipinski definition) is 1. The lowest BCUT2D eigenvalue weighted by Crippen LogP contribution is -2.17. The summed E-state index contributed by atoms with van der Waals surface area (Å²) in [5.74, 6) is 0.638. The first kappa shape index (κ1) is 13.1. The molecule has 3 aromatic rings. The van der Waals surface area contributed by atoms with Gasteiger partial charge in [0.25, 0.3) is 5.91 Å². The van der Waals surface area contributed by atoms with E-state index in [1.807, 2.05) is 18.2 Å². The molecule has 1 amide bonds. The molecule has 22 heavy (non-hydrogen) atoms. The molecule has 1 aliphatic rings. The first-order chi connectivity index (χ1) is 10.8. The molecule has 1 saturated carbocycles. The highest BCUT2D eigenvalue weighted by Gasteiger charge is 2.24. The Hall–Kier alpha value is -2.56. The largest absolute Gasteiger partial charge is 0.459 e. The Labute approximate surface area is 127 Å². The van der Waals surface area contributed by atoms with E-state index in [0.717, 1.165) is 23.9 Å². The van der Waals surface area contributed by atoms with Crippen LogP contribution in [-0.2, 0) is 0 Å². The van der Waals surface area contributed by atoms with Gasteiger partial charge in [0, 0.05) is 6.04 Å². The van der Waals surface area contributed by atoms with Crippen LogP contribution >= 0.6 is 0 Å². The van der Waals surface area contributed by atoms with Crippen LogP contribution in [0.15, 0.2) is 47.1 Å². The van der Waals surface area contributed by atoms with Gasteiger partial charge in [0.15, 0.2) is 5.76 Å². The number of nitrogens with one attached hydrogen (secondary N) is 1. The van der Waals surface area contributed by atoms with Gasteiger partial charge in [-0.25, -0.2) is 4.98 Å². The molecule has 1 N–H and O–H groups in total. The topological polar surface area (TPSA) is 60.1 Å². The molecule has 0 atom stereocenters. The monoisotopic (exact) mass is 295 g/mol. The Morgan fingerprint density at radius 3 is 2.77 bits per heavy atom. The third-order valence-electron chi connectivity index (χ3n) is 4.26. The van der Waals surface area contributed by atoms with Crippen molar-refractivity contribution >= 4 is 22.9 Å². The van der Waals surface area contributed by atoms with Crippen molar-refractivity contribution in [2.45, 2.75) is 31.7 Å². The van der Waals surface area contributed by atoms with Crippen LogP contribution < -0.4 is 5.32 Å². The quantitative estimate of drug-likeness (QED) is 0.794. The fourth-order valence-corrected chi connectivity index (χ4v) is 3.24. The van der Waals surface area contributed by atoms with Crippen molar-refractivity contribution in [3.63, 3.8) is 0 Å². The summed E-state index contributed by atoms with van der Waals surface area (Å²) in [5, 5.41) is 2.90. The van der Waals surface area contributed by atoms with Crippen LogP contribution in [0.2, 0.25) is 0 Å². The maximum atomic E-state index is 12.3. The molecule has 0 bridgehead atoms. The average molecular weight is 295 g/mol. The zero-order valence-corrected chi connectivity index (χ0v) is 12.2. The van der Waals surface area contributed by atoms with E-state index in [-0.39, 0.29) is 5.91 Å². The van der Waals surface area contributed by atoms with Crippen molar-refractivity contribution < 1.29 is 9.21 Å². The zero-order valence-electron chi connectivity index (χ0n) is 12.2. The third-order valence-corrected chi connectivity index (χ3v) is 4.26. The molecular formula is C17H17N3O2. The predicted octanol–water partition coefficient (Wildman–Crippen LogP) is 4.00. The Balaban J connectivity index is 1.75. The number of hydrogen-bond acceptors (Lipinski definition) is 3. The normalized spacial score (nSPS) is 15.5. The van der Waals surface area contributed by atoms with Gasteiger partial charge >= 0.3 is 0 Å². The minimum absolute atomic E-state index is 0.264. The fraction of sp³-hybridized carbons (Fsp3) is 0.294. The summed E-state index contributed by atoms with van der Waals surface area (Å²) in [7, 11) is 0. The number of carbonyl (C=O) groups is 1. The molecule has 112 valence electrons. The number of anilines is 1. The molecule has 5 heteroatoms. The highest BCUT2D eigenvalue weighted by atomic mass is 16.3. The van der Waals surface area contributed by atoms with Gasteiger partial charge < -0.3 is 8.98 Å². The van der Waals surface area contributed by atoms with E-state index in [0.29, 0.717) is 17.8 Å². The second-order valence-corrected chi connectivity index (χ2v) is 5.66. The van der Waals surface area contributed by atoms with E-state index in [9.17, 15) is 4.79 Å². The standard InChI is InChI=1S/C17H17N3O2/c21-16(15-10-5-11-22-15)19-17-18-13-8-3-4-9-14(13)20(17)12-6-1-2-7-12/h3-5,8-12H,1-2,6-7H2,(H,18,19,21). The number of fused-ring (bicyclic) bond motifs is 1. The van der Waals surface area contributed by atoms with E-state index >= 15 is 0 Å². The number of benzene rings is 1. The van der Waals surface area contributed by atoms with Crippen LogP contribution in [0.4, 0.5) is 5.95 Å². The zero-order chi connectivity index (χ0) is 14.9. The number of para-hydroxylation sites is 2. The van der Waals surface area contributed by atoms with E-state index in [1.54, 1.807) is 12.1 Å². The van der Waals surface area contributed by atoms with Crippen LogP contribution in [-0.4, -0.2) is 15.5 Å². The first-order valence-electron chi connectivity index (χ1n) is 7.65. The SMILES string of the molecule is O=C(Nc1nc2ccccc2n1C1CCCC1)c1ccco1. The van der Waals surface area contributed by atoms with Gasteiger partial charge in [-0.2, -0.15) is 0 Å². The fourth-order valence-electron chi connectivity index (χ4n) is 3.24. The van der Waals surface area contributed by atoms with Crippen LogP contribution in [0.25, 0.3) is 11.0 Å². The second-order valence-electron chi connectivity index (χ2n) is 5.66. The number of aromatic nitrogens is 2. The van der Waals surface area contributed by atoms with Gasteiger partial charge in [-0.1, -0.05) is 25.0 Å². The number of carbonyl (C=O) groups excluding carboxylic acids is 1. The van der Waals surface area contributed by atoms with Gasteiger partial charge in [-0.3, -0.25) is 10.1 Å². The molecule has 1 aliphatic carbocycles. The molecule has 0 saturated heterocycles. The molecule has 0 unspecified atom stereocenters. The lowest BCUT2D eigenvalue weighted by Gasteiger charge is -2.16. The third kappa shape index (κ3) is 2.19. The molecule has 4 rings (SSSR count). The van der Waals surface area contributed by atoms with Crippen LogP contribution in [0.1, 0.15) is 42.3 Å². The van der Waals surface area contributed by atoms with E-state index in [4.69, 9.17) is 4.42 Å². The molecule has 1 aromatic carbocycles. The number of furan rings is 1. The Morgan fingerprint density at radius 1 is 1.18 bits per heavy atom. The van der Waals surface area contributed by atoms with E-state index in [1.165, 1.54) is 19.1 Å². The summed E-state index contributed by atoms with van der Waals surface area (Å²) in [5.41, 5.74) is 1.98. The van der Waals surface area contributed by atoms with Gasteiger partial charge in [-0.05, 0) is 37.1 Å². The lowest BCUT2D eigenvalue weighted by molar-refractivity contribution is 0.0995. The molecule has 2 heterocycles. The average Bonchev–Trinajstić information content (AvgIpc) is 3.27. The minimum atomic E-state index is -0.264. The molecule has 2 aromatic heterocycles. The van der Waals surface area contributed by atoms with Crippen molar-refractivity contribution in [2.24, 2.45) is 0 Å². The summed E-state index contributed by atoms with van der Waals surface area (Å²) in [6.07, 6.45) is 6.20. The highest BCUT2D eigenvalue weighted by molar-refractivity contribution is 6.02. The molecule has 0 radical (unpaired) electrons. The van der Waals surface area contributed by atoms with Gasteiger partial charge in [0.1, 0.15) is 0 Å². The Morgan fingerprint density at radius 2 is 2.00 bits per heavy atom. The van der Waals surface area contributed by atoms with Gasteiger partial charge in [0.05, 0.1) is 17.3 Å². The van der Waals surface area contributed by atoms with Crippen LogP contribution in [0, 0.1) is 0 Å². The molecule has 0 spiro atoms. The van der Waals surface area contributed by atoms with Crippen LogP contribution in [0.5, 0.6) is 0 Å². The van der Waals surface area contributed by atoms with Crippen molar-refractivity contribution in [1.82, 2.24) is 9.55 Å². The Kier molecular flexibility index (Phi) is 3.18.